The number of nitrogens with one attached hydrogen (secondary N) is 2. The number of aromatic nitrogens is 3. The second kappa shape index (κ2) is 7.44. The van der Waals surface area contributed by atoms with Crippen LogP contribution >= 0.6 is 11.8 Å². The zero-order chi connectivity index (χ0) is 18.8. The van der Waals surface area contributed by atoms with Crippen LogP contribution in [0.5, 0.6) is 5.75 Å². The Morgan fingerprint density at radius 2 is 1.96 bits per heavy atom. The van der Waals surface area contributed by atoms with Crippen molar-refractivity contribution >= 4 is 17.4 Å². The quantitative estimate of drug-likeness (QED) is 0.359. The van der Waals surface area contributed by atoms with Crippen molar-refractivity contribution in [2.45, 2.75) is 31.1 Å². The smallest absolute Gasteiger partial charge is 0.325 e. The second-order valence-electron chi connectivity index (χ2n) is 6.41. The molecule has 0 amide bonds. The highest BCUT2D eigenvalue weighted by Gasteiger charge is 2.38. The number of hydrogen-bond donors (Lipinski definition) is 3. The normalized spacial score (nSPS) is 14.9. The summed E-state index contributed by atoms with van der Waals surface area (Å²) in [5.74, 6) is 1.06. The number of anilines is 1. The molecule has 1 aliphatic heterocycles. The van der Waals surface area contributed by atoms with E-state index in [0.717, 1.165) is 29.8 Å². The van der Waals surface area contributed by atoms with Gasteiger partial charge in [0, 0.05) is 10.9 Å². The van der Waals surface area contributed by atoms with E-state index in [4.69, 9.17) is 5.10 Å². The molecule has 1 atom stereocenters. The Balaban J connectivity index is 1.88. The largest absolute Gasteiger partial charge is 0.507 e. The molecule has 3 aromatic rings. The topological polar surface area (TPSA) is 81.9 Å². The van der Waals surface area contributed by atoms with Gasteiger partial charge in [0.15, 0.2) is 0 Å². The molecule has 0 aliphatic carbocycles. The van der Waals surface area contributed by atoms with Gasteiger partial charge >= 0.3 is 11.3 Å². The lowest BCUT2D eigenvalue weighted by molar-refractivity contribution is -0.759. The molecule has 0 spiro atoms. The highest BCUT2D eigenvalue weighted by molar-refractivity contribution is 7.99. The average molecular weight is 381 g/mol. The van der Waals surface area contributed by atoms with Crippen LogP contribution in [0.2, 0.25) is 0 Å². The van der Waals surface area contributed by atoms with Gasteiger partial charge in [-0.3, -0.25) is 9.78 Å². The summed E-state index contributed by atoms with van der Waals surface area (Å²) in [5, 5.41) is 19.1. The van der Waals surface area contributed by atoms with E-state index in [1.54, 1.807) is 16.8 Å². The number of thioether (sulfide) groups is 1. The van der Waals surface area contributed by atoms with Crippen molar-refractivity contribution in [3.8, 4) is 17.0 Å². The number of para-hydroxylation sites is 2. The number of aromatic hydroxyl groups is 1. The number of hydrogen-bond acceptors (Lipinski definition) is 5. The maximum atomic E-state index is 12.9. The van der Waals surface area contributed by atoms with E-state index < -0.39 is 6.17 Å². The van der Waals surface area contributed by atoms with Gasteiger partial charge < -0.3 is 10.4 Å². The van der Waals surface area contributed by atoms with Crippen LogP contribution < -0.4 is 15.6 Å². The lowest BCUT2D eigenvalue weighted by atomic mass is 10.0. The van der Waals surface area contributed by atoms with Gasteiger partial charge in [-0.25, -0.2) is 0 Å². The van der Waals surface area contributed by atoms with Gasteiger partial charge in [-0.15, -0.1) is 0 Å². The zero-order valence-corrected chi connectivity index (χ0v) is 15.8. The number of H-pyrrole nitrogens is 1. The van der Waals surface area contributed by atoms with Crippen LogP contribution in [0.15, 0.2) is 58.5 Å². The Labute approximate surface area is 161 Å². The first-order valence-corrected chi connectivity index (χ1v) is 10.0. The summed E-state index contributed by atoms with van der Waals surface area (Å²) < 4.78 is 1.69. The van der Waals surface area contributed by atoms with E-state index >= 15 is 0 Å². The van der Waals surface area contributed by atoms with Crippen molar-refractivity contribution in [1.82, 2.24) is 10.1 Å². The third kappa shape index (κ3) is 3.30. The Morgan fingerprint density at radius 3 is 2.78 bits per heavy atom. The van der Waals surface area contributed by atoms with Crippen molar-refractivity contribution < 1.29 is 9.79 Å². The molecular formula is C20H21N4O2S+. The maximum Gasteiger partial charge on any atom is 0.325 e. The molecule has 3 N–H and O–H groups in total. The third-order valence-corrected chi connectivity index (χ3v) is 5.50. The van der Waals surface area contributed by atoms with Gasteiger partial charge in [-0.1, -0.05) is 49.4 Å². The number of nitrogens with zero attached hydrogens (tertiary/aromatic N) is 2. The third-order valence-electron chi connectivity index (χ3n) is 4.55. The molecule has 27 heavy (non-hydrogen) atoms. The van der Waals surface area contributed by atoms with E-state index in [-0.39, 0.29) is 11.3 Å². The predicted molar refractivity (Wildman–Crippen MR) is 106 cm³/mol. The monoisotopic (exact) mass is 381 g/mol. The van der Waals surface area contributed by atoms with Crippen LogP contribution in [0.3, 0.4) is 0 Å². The molecule has 1 aliphatic rings. The van der Waals surface area contributed by atoms with Crippen molar-refractivity contribution in [3.63, 3.8) is 0 Å². The summed E-state index contributed by atoms with van der Waals surface area (Å²) in [7, 11) is 0. The molecule has 138 valence electrons. The van der Waals surface area contributed by atoms with Gasteiger partial charge in [0.1, 0.15) is 5.75 Å². The first kappa shape index (κ1) is 17.6. The number of fused-ring (bicyclic) bond motifs is 3. The van der Waals surface area contributed by atoms with Gasteiger partial charge in [0.05, 0.1) is 16.8 Å². The lowest BCUT2D eigenvalue weighted by Gasteiger charge is -2.22. The molecule has 0 fully saturated rings. The van der Waals surface area contributed by atoms with Gasteiger partial charge in [-0.2, -0.15) is 0 Å². The van der Waals surface area contributed by atoms with E-state index in [1.165, 1.54) is 11.8 Å². The van der Waals surface area contributed by atoms with E-state index in [0.29, 0.717) is 16.4 Å². The lowest BCUT2D eigenvalue weighted by Crippen LogP contribution is -2.55. The number of rotatable bonds is 5. The molecule has 0 bridgehead atoms. The molecule has 0 unspecified atom stereocenters. The minimum absolute atomic E-state index is 0.162. The first-order valence-electron chi connectivity index (χ1n) is 9.02. The molecule has 2 aromatic carbocycles. The second-order valence-corrected chi connectivity index (χ2v) is 7.49. The number of phenols is 1. The maximum absolute atomic E-state index is 12.9. The molecule has 1 aromatic heterocycles. The Bertz CT molecular complexity index is 1030. The van der Waals surface area contributed by atoms with Crippen molar-refractivity contribution in [1.29, 1.82) is 0 Å². The first-order chi connectivity index (χ1) is 13.2. The van der Waals surface area contributed by atoms with Gasteiger partial charge in [-0.05, 0) is 35.4 Å². The van der Waals surface area contributed by atoms with E-state index in [1.807, 2.05) is 36.4 Å². The fourth-order valence-electron chi connectivity index (χ4n) is 3.20. The highest BCUT2D eigenvalue weighted by Crippen LogP contribution is 2.33. The summed E-state index contributed by atoms with van der Waals surface area (Å²) in [5.41, 5.74) is 2.60. The van der Waals surface area contributed by atoms with Crippen LogP contribution in [0.1, 0.15) is 31.5 Å². The number of unbranched alkanes of at least 4 members (excludes halogenated alkanes) is 1. The SMILES string of the molecule is CCCCSc1n[n+]2c(c(=O)[nH]1)-c1ccccc1N[C@@H]2c1ccccc1O. The fraction of sp³-hybridized carbons (Fsp3) is 0.250. The summed E-state index contributed by atoms with van der Waals surface area (Å²) in [4.78, 5) is 15.8. The van der Waals surface area contributed by atoms with E-state index in [9.17, 15) is 9.90 Å². The Kier molecular flexibility index (Phi) is 4.85. The standard InChI is InChI=1S/C20H20N4O2S/c1-2-3-12-27-20-22-19(26)17-13-8-4-6-10-15(13)21-18(24(17)23-20)14-9-5-7-11-16(14)25/h4-11,18H,2-3,12H2,1H3,(H2,22,23,25,26)/p+1/t18-/m0/s1. The van der Waals surface area contributed by atoms with Gasteiger partial charge in [0.2, 0.25) is 5.16 Å². The summed E-state index contributed by atoms with van der Waals surface area (Å²) in [6.07, 6.45) is 1.68. The fourth-order valence-corrected chi connectivity index (χ4v) is 4.13. The predicted octanol–water partition coefficient (Wildman–Crippen LogP) is 3.29. The molecule has 7 heteroatoms. The molecule has 0 saturated carbocycles. The number of benzene rings is 2. The molecular weight excluding hydrogens is 360 g/mol. The van der Waals surface area contributed by atoms with Crippen molar-refractivity contribution in [2.24, 2.45) is 0 Å². The van der Waals surface area contributed by atoms with Crippen molar-refractivity contribution in [3.05, 3.63) is 64.4 Å². The zero-order valence-electron chi connectivity index (χ0n) is 15.0. The summed E-state index contributed by atoms with van der Waals surface area (Å²) in [6, 6.07) is 14.8. The number of phenolic OH excluding ortho intramolecular Hbond substituents is 1. The van der Waals surface area contributed by atoms with Crippen LogP contribution in [0, 0.1) is 0 Å². The minimum atomic E-state index is -0.469. The summed E-state index contributed by atoms with van der Waals surface area (Å²) in [6.45, 7) is 2.13. The molecule has 2 heterocycles. The Morgan fingerprint density at radius 1 is 1.19 bits per heavy atom. The molecule has 6 nitrogen and oxygen atoms in total. The highest BCUT2D eigenvalue weighted by atomic mass is 32.2. The van der Waals surface area contributed by atoms with Crippen LogP contribution in [0.25, 0.3) is 11.3 Å². The minimum Gasteiger partial charge on any atom is -0.507 e. The van der Waals surface area contributed by atoms with Crippen LogP contribution in [-0.4, -0.2) is 20.9 Å². The molecule has 0 radical (unpaired) electrons. The van der Waals surface area contributed by atoms with Crippen LogP contribution in [0.4, 0.5) is 5.69 Å². The Hall–Kier alpha value is -2.80. The van der Waals surface area contributed by atoms with Crippen LogP contribution in [-0.2, 0) is 0 Å². The van der Waals surface area contributed by atoms with Gasteiger partial charge in [0.25, 0.3) is 6.17 Å². The average Bonchev–Trinajstić information content (AvgIpc) is 2.68. The van der Waals surface area contributed by atoms with E-state index in [2.05, 4.69) is 17.2 Å². The summed E-state index contributed by atoms with van der Waals surface area (Å²) >= 11 is 1.54. The molecule has 4 rings (SSSR count). The molecule has 0 saturated heterocycles. The number of aromatic amines is 1. The van der Waals surface area contributed by atoms with Crippen molar-refractivity contribution in [2.75, 3.05) is 11.1 Å².